The van der Waals surface area contributed by atoms with Gasteiger partial charge in [0.05, 0.1) is 11.3 Å². The molecule has 1 aromatic carbocycles. The average Bonchev–Trinajstić information content (AvgIpc) is 2.18. The van der Waals surface area contributed by atoms with Gasteiger partial charge in [-0.05, 0) is 19.1 Å². The molecule has 2 N–H and O–H groups in total. The molecule has 0 radical (unpaired) electrons. The molecule has 1 aromatic rings. The summed E-state index contributed by atoms with van der Waals surface area (Å²) in [5.41, 5.74) is 6.72. The summed E-state index contributed by atoms with van der Waals surface area (Å²) >= 11 is 0. The van der Waals surface area contributed by atoms with Gasteiger partial charge in [-0.3, -0.25) is 4.79 Å². The maximum atomic E-state index is 11.3. The van der Waals surface area contributed by atoms with Crippen molar-refractivity contribution in [2.24, 2.45) is 0 Å². The Kier molecular flexibility index (Phi) is 2.04. The highest BCUT2D eigenvalue weighted by Crippen LogP contribution is 2.38. The number of ether oxygens (including phenoxy) is 2. The van der Waals surface area contributed by atoms with Gasteiger partial charge in [0.2, 0.25) is 0 Å². The highest BCUT2D eigenvalue weighted by molar-refractivity contribution is 5.98. The summed E-state index contributed by atoms with van der Waals surface area (Å²) in [6.07, 6.45) is 0. The molecule has 0 fully saturated rings. The lowest BCUT2D eigenvalue weighted by atomic mass is 10.1. The van der Waals surface area contributed by atoms with Crippen LogP contribution in [0.2, 0.25) is 0 Å². The van der Waals surface area contributed by atoms with Crippen LogP contribution in [-0.2, 0) is 0 Å². The third kappa shape index (κ3) is 1.28. The number of carbonyl (C=O) groups is 1. The molecule has 1 aliphatic heterocycles. The smallest absolute Gasteiger partial charge is 0.185 e. The first-order valence-electron chi connectivity index (χ1n) is 4.39. The van der Waals surface area contributed by atoms with E-state index in [9.17, 15) is 4.79 Å². The van der Waals surface area contributed by atoms with Gasteiger partial charge < -0.3 is 15.2 Å². The lowest BCUT2D eigenvalue weighted by molar-refractivity contribution is 0.100. The van der Waals surface area contributed by atoms with Gasteiger partial charge in [-0.1, -0.05) is 0 Å². The van der Waals surface area contributed by atoms with Crippen LogP contribution in [0.1, 0.15) is 17.3 Å². The summed E-state index contributed by atoms with van der Waals surface area (Å²) in [6.45, 7) is 2.42. The van der Waals surface area contributed by atoms with Crippen LogP contribution >= 0.6 is 0 Å². The van der Waals surface area contributed by atoms with Crippen LogP contribution in [0.4, 0.5) is 5.69 Å². The van der Waals surface area contributed by atoms with E-state index >= 15 is 0 Å². The summed E-state index contributed by atoms with van der Waals surface area (Å²) in [5.74, 6) is 0.916. The first kappa shape index (κ1) is 8.87. The summed E-state index contributed by atoms with van der Waals surface area (Å²) in [6, 6.07) is 3.31. The number of nitrogen functional groups attached to an aromatic ring is 1. The minimum atomic E-state index is -0.0493. The first-order valence-corrected chi connectivity index (χ1v) is 4.39. The molecule has 74 valence electrons. The number of hydrogen-bond donors (Lipinski definition) is 1. The minimum Gasteiger partial charge on any atom is -0.485 e. The van der Waals surface area contributed by atoms with E-state index in [0.29, 0.717) is 36.0 Å². The van der Waals surface area contributed by atoms with Crippen LogP contribution in [0.25, 0.3) is 0 Å². The molecule has 4 nitrogen and oxygen atoms in total. The van der Waals surface area contributed by atoms with Gasteiger partial charge in [0.15, 0.2) is 17.3 Å². The Balaban J connectivity index is 2.59. The molecule has 0 spiro atoms. The van der Waals surface area contributed by atoms with Gasteiger partial charge in [0, 0.05) is 0 Å². The quantitative estimate of drug-likeness (QED) is 0.538. The standard InChI is InChI=1S/C10H11NO3/c1-6(12)7-2-3-8(11)10-9(7)13-4-5-14-10/h2-3H,4-5,11H2,1H3. The largest absolute Gasteiger partial charge is 0.485 e. The molecule has 0 saturated heterocycles. The fourth-order valence-electron chi connectivity index (χ4n) is 1.43. The molecule has 1 heterocycles. The Morgan fingerprint density at radius 2 is 1.93 bits per heavy atom. The first-order chi connectivity index (χ1) is 6.70. The molecule has 0 atom stereocenters. The molecular weight excluding hydrogens is 182 g/mol. The van der Waals surface area contributed by atoms with Crippen LogP contribution < -0.4 is 15.2 Å². The number of ketones is 1. The Bertz CT molecular complexity index is 387. The van der Waals surface area contributed by atoms with Gasteiger partial charge in [-0.15, -0.1) is 0 Å². The number of rotatable bonds is 1. The minimum absolute atomic E-state index is 0.0493. The highest BCUT2D eigenvalue weighted by Gasteiger charge is 2.20. The second kappa shape index (κ2) is 3.21. The zero-order chi connectivity index (χ0) is 10.1. The maximum absolute atomic E-state index is 11.3. The lowest BCUT2D eigenvalue weighted by Gasteiger charge is -2.21. The SMILES string of the molecule is CC(=O)c1ccc(N)c2c1OCCO2. The second-order valence-corrected chi connectivity index (χ2v) is 3.11. The molecule has 1 aliphatic rings. The highest BCUT2D eigenvalue weighted by atomic mass is 16.6. The number of benzene rings is 1. The number of carbonyl (C=O) groups excluding carboxylic acids is 1. The van der Waals surface area contributed by atoms with E-state index in [1.54, 1.807) is 12.1 Å². The Labute approximate surface area is 81.6 Å². The maximum Gasteiger partial charge on any atom is 0.185 e. The van der Waals surface area contributed by atoms with Gasteiger partial charge in [0.1, 0.15) is 13.2 Å². The van der Waals surface area contributed by atoms with E-state index in [4.69, 9.17) is 15.2 Å². The van der Waals surface area contributed by atoms with E-state index in [1.807, 2.05) is 0 Å². The zero-order valence-corrected chi connectivity index (χ0v) is 7.87. The van der Waals surface area contributed by atoms with E-state index < -0.39 is 0 Å². The average molecular weight is 193 g/mol. The zero-order valence-electron chi connectivity index (χ0n) is 7.87. The van der Waals surface area contributed by atoms with Crippen LogP contribution in [0.3, 0.4) is 0 Å². The van der Waals surface area contributed by atoms with Crippen LogP contribution in [0.15, 0.2) is 12.1 Å². The predicted octanol–water partition coefficient (Wildman–Crippen LogP) is 1.24. The van der Waals surface area contributed by atoms with Crippen molar-refractivity contribution >= 4 is 11.5 Å². The van der Waals surface area contributed by atoms with Crippen LogP contribution in [-0.4, -0.2) is 19.0 Å². The summed E-state index contributed by atoms with van der Waals surface area (Å²) in [4.78, 5) is 11.3. The fraction of sp³-hybridized carbons (Fsp3) is 0.300. The van der Waals surface area contributed by atoms with Gasteiger partial charge in [-0.2, -0.15) is 0 Å². The van der Waals surface area contributed by atoms with Crippen molar-refractivity contribution in [3.8, 4) is 11.5 Å². The molecular formula is C10H11NO3. The van der Waals surface area contributed by atoms with Crippen molar-refractivity contribution in [1.29, 1.82) is 0 Å². The molecule has 4 heteroatoms. The van der Waals surface area contributed by atoms with Crippen molar-refractivity contribution < 1.29 is 14.3 Å². The van der Waals surface area contributed by atoms with E-state index in [-0.39, 0.29) is 5.78 Å². The molecule has 0 aromatic heterocycles. The van der Waals surface area contributed by atoms with Crippen molar-refractivity contribution in [2.75, 3.05) is 18.9 Å². The monoisotopic (exact) mass is 193 g/mol. The topological polar surface area (TPSA) is 61.6 Å². The molecule has 0 aliphatic carbocycles. The van der Waals surface area contributed by atoms with Crippen LogP contribution in [0.5, 0.6) is 11.5 Å². The van der Waals surface area contributed by atoms with Crippen molar-refractivity contribution in [1.82, 2.24) is 0 Å². The molecule has 2 rings (SSSR count). The summed E-state index contributed by atoms with van der Waals surface area (Å²) in [5, 5.41) is 0. The van der Waals surface area contributed by atoms with Gasteiger partial charge >= 0.3 is 0 Å². The number of nitrogens with two attached hydrogens (primary N) is 1. The fourth-order valence-corrected chi connectivity index (χ4v) is 1.43. The number of hydrogen-bond acceptors (Lipinski definition) is 4. The summed E-state index contributed by atoms with van der Waals surface area (Å²) < 4.78 is 10.7. The lowest BCUT2D eigenvalue weighted by Crippen LogP contribution is -2.18. The van der Waals surface area contributed by atoms with E-state index in [0.717, 1.165) is 0 Å². The predicted molar refractivity (Wildman–Crippen MR) is 51.8 cm³/mol. The molecule has 14 heavy (non-hydrogen) atoms. The third-order valence-electron chi connectivity index (χ3n) is 2.10. The Hall–Kier alpha value is -1.71. The van der Waals surface area contributed by atoms with Crippen molar-refractivity contribution in [2.45, 2.75) is 6.92 Å². The molecule has 0 amide bonds. The molecule has 0 unspecified atom stereocenters. The van der Waals surface area contributed by atoms with E-state index in [1.165, 1.54) is 6.92 Å². The number of fused-ring (bicyclic) bond motifs is 1. The number of Topliss-reactive ketones (excluding diaryl/α,β-unsaturated/α-hetero) is 1. The summed E-state index contributed by atoms with van der Waals surface area (Å²) in [7, 11) is 0. The van der Waals surface area contributed by atoms with Gasteiger partial charge in [-0.25, -0.2) is 0 Å². The normalized spacial score (nSPS) is 13.8. The van der Waals surface area contributed by atoms with E-state index in [2.05, 4.69) is 0 Å². The number of anilines is 1. The third-order valence-corrected chi connectivity index (χ3v) is 2.10. The molecule has 0 bridgehead atoms. The van der Waals surface area contributed by atoms with Crippen molar-refractivity contribution in [3.63, 3.8) is 0 Å². The molecule has 0 saturated carbocycles. The second-order valence-electron chi connectivity index (χ2n) is 3.11. The van der Waals surface area contributed by atoms with Gasteiger partial charge in [0.25, 0.3) is 0 Å². The van der Waals surface area contributed by atoms with Crippen LogP contribution in [0, 0.1) is 0 Å². The Morgan fingerprint density at radius 1 is 1.29 bits per heavy atom. The Morgan fingerprint density at radius 3 is 2.57 bits per heavy atom. The van der Waals surface area contributed by atoms with Crippen molar-refractivity contribution in [3.05, 3.63) is 17.7 Å².